The molecule has 0 spiro atoms. The smallest absolute Gasteiger partial charge is 0.293 e. The second-order valence-corrected chi connectivity index (χ2v) is 5.66. The minimum Gasteiger partial charge on any atom is -0.495 e. The van der Waals surface area contributed by atoms with E-state index in [1.807, 2.05) is 0 Å². The summed E-state index contributed by atoms with van der Waals surface area (Å²) in [7, 11) is -2.61. The molecule has 3 N–H and O–H groups in total. The van der Waals surface area contributed by atoms with Crippen LogP contribution in [0.1, 0.15) is 16.2 Å². The summed E-state index contributed by atoms with van der Waals surface area (Å²) in [5.74, 6) is -0.399. The number of aromatic nitrogens is 1. The van der Waals surface area contributed by atoms with Crippen molar-refractivity contribution < 1.29 is 22.4 Å². The van der Waals surface area contributed by atoms with Crippen LogP contribution >= 0.6 is 0 Å². The zero-order valence-corrected chi connectivity index (χ0v) is 12.1. The molecule has 1 heterocycles. The number of amides is 1. The van der Waals surface area contributed by atoms with Gasteiger partial charge in [0.15, 0.2) is 6.39 Å². The second-order valence-electron chi connectivity index (χ2n) is 4.13. The van der Waals surface area contributed by atoms with E-state index < -0.39 is 15.9 Å². The number of methoxy groups -OCH3 is 1. The van der Waals surface area contributed by atoms with Gasteiger partial charge < -0.3 is 14.5 Å². The van der Waals surface area contributed by atoms with Gasteiger partial charge in [-0.2, -0.15) is 0 Å². The van der Waals surface area contributed by atoms with Gasteiger partial charge in [0.05, 0.1) is 12.8 Å². The highest BCUT2D eigenvalue weighted by atomic mass is 32.2. The molecule has 0 saturated carbocycles. The van der Waals surface area contributed by atoms with Crippen LogP contribution in [0.5, 0.6) is 5.75 Å². The van der Waals surface area contributed by atoms with Gasteiger partial charge in [0.2, 0.25) is 15.8 Å². The topological polar surface area (TPSA) is 125 Å². The molecule has 0 radical (unpaired) electrons. The number of nitrogens with two attached hydrogens (primary N) is 1. The molecule has 2 aromatic rings. The van der Waals surface area contributed by atoms with Gasteiger partial charge in [-0.1, -0.05) is 0 Å². The number of nitrogens with one attached hydrogen (secondary N) is 1. The zero-order valence-electron chi connectivity index (χ0n) is 11.3. The maximum absolute atomic E-state index is 11.9. The fourth-order valence-electron chi connectivity index (χ4n) is 1.69. The van der Waals surface area contributed by atoms with Crippen LogP contribution in [0, 0.1) is 6.92 Å². The number of oxazole rings is 1. The molecule has 112 valence electrons. The Labute approximate surface area is 121 Å². The van der Waals surface area contributed by atoms with Crippen LogP contribution in [-0.2, 0) is 10.0 Å². The molecular formula is C12H13N3O5S. The number of hydrogen-bond acceptors (Lipinski definition) is 6. The summed E-state index contributed by atoms with van der Waals surface area (Å²) in [4.78, 5) is 15.6. The number of carbonyl (C=O) groups excluding carboxylic acids is 1. The molecule has 0 aliphatic heterocycles. The van der Waals surface area contributed by atoms with E-state index in [0.717, 1.165) is 6.39 Å². The Hall–Kier alpha value is -2.39. The van der Waals surface area contributed by atoms with Gasteiger partial charge in [0.25, 0.3) is 5.91 Å². The predicted octanol–water partition coefficient (Wildman–Crippen LogP) is 0.891. The Balaban J connectivity index is 2.30. The lowest BCUT2D eigenvalue weighted by molar-refractivity contribution is 0.0996. The van der Waals surface area contributed by atoms with Crippen molar-refractivity contribution in [2.24, 2.45) is 5.14 Å². The second kappa shape index (κ2) is 5.54. The molecule has 21 heavy (non-hydrogen) atoms. The summed E-state index contributed by atoms with van der Waals surface area (Å²) < 4.78 is 32.7. The van der Waals surface area contributed by atoms with Crippen molar-refractivity contribution in [3.63, 3.8) is 0 Å². The lowest BCUT2D eigenvalue weighted by Crippen LogP contribution is -2.15. The van der Waals surface area contributed by atoms with Crippen LogP contribution in [0.3, 0.4) is 0 Å². The summed E-state index contributed by atoms with van der Waals surface area (Å²) in [6.45, 7) is 1.63. The summed E-state index contributed by atoms with van der Waals surface area (Å²) in [6, 6.07) is 3.99. The van der Waals surface area contributed by atoms with E-state index in [-0.39, 0.29) is 16.4 Å². The minimum absolute atomic E-state index is 0.0320. The summed E-state index contributed by atoms with van der Waals surface area (Å²) in [5.41, 5.74) is 0.778. The first-order valence-electron chi connectivity index (χ1n) is 5.75. The highest BCUT2D eigenvalue weighted by Crippen LogP contribution is 2.26. The zero-order chi connectivity index (χ0) is 15.6. The van der Waals surface area contributed by atoms with Crippen LogP contribution in [0.15, 0.2) is 33.9 Å². The first-order chi connectivity index (χ1) is 9.82. The Kier molecular flexibility index (Phi) is 3.96. The number of rotatable bonds is 4. The quantitative estimate of drug-likeness (QED) is 0.864. The van der Waals surface area contributed by atoms with Crippen molar-refractivity contribution >= 4 is 21.6 Å². The van der Waals surface area contributed by atoms with E-state index in [1.165, 1.54) is 25.3 Å². The number of benzene rings is 1. The van der Waals surface area contributed by atoms with Crippen molar-refractivity contribution in [2.45, 2.75) is 11.8 Å². The molecule has 0 saturated heterocycles. The molecule has 1 amide bonds. The van der Waals surface area contributed by atoms with Crippen molar-refractivity contribution in [1.29, 1.82) is 0 Å². The van der Waals surface area contributed by atoms with Gasteiger partial charge in [0, 0.05) is 11.8 Å². The van der Waals surface area contributed by atoms with Crippen molar-refractivity contribution in [3.8, 4) is 5.75 Å². The van der Waals surface area contributed by atoms with E-state index >= 15 is 0 Å². The molecule has 1 aromatic heterocycles. The van der Waals surface area contributed by atoms with Crippen LogP contribution in [0.4, 0.5) is 5.69 Å². The maximum atomic E-state index is 11.9. The van der Waals surface area contributed by atoms with Gasteiger partial charge in [-0.3, -0.25) is 4.79 Å². The van der Waals surface area contributed by atoms with Crippen LogP contribution < -0.4 is 15.2 Å². The van der Waals surface area contributed by atoms with Crippen molar-refractivity contribution in [3.05, 3.63) is 36.0 Å². The van der Waals surface area contributed by atoms with Gasteiger partial charge in [0.1, 0.15) is 10.6 Å². The fraction of sp³-hybridized carbons (Fsp3) is 0.167. The first kappa shape index (κ1) is 15.0. The third-order valence-corrected chi connectivity index (χ3v) is 3.63. The molecule has 0 fully saturated rings. The SMILES string of the molecule is COc1cc(NC(=O)c2ocnc2C)ccc1S(N)(=O)=O. The molecule has 8 nitrogen and oxygen atoms in total. The predicted molar refractivity (Wildman–Crippen MR) is 73.6 cm³/mol. The Morgan fingerprint density at radius 3 is 2.67 bits per heavy atom. The standard InChI is InChI=1S/C12H13N3O5S/c1-7-11(20-6-14-7)12(16)15-8-3-4-10(21(13,17)18)9(5-8)19-2/h3-6H,1-2H3,(H,15,16)(H2,13,17,18). The normalized spacial score (nSPS) is 11.2. The van der Waals surface area contributed by atoms with E-state index in [2.05, 4.69) is 10.3 Å². The number of anilines is 1. The molecule has 1 aromatic carbocycles. The number of primary sulfonamides is 1. The molecule has 0 atom stereocenters. The number of nitrogens with zero attached hydrogens (tertiary/aromatic N) is 1. The van der Waals surface area contributed by atoms with Crippen LogP contribution in [0.2, 0.25) is 0 Å². The Morgan fingerprint density at radius 2 is 2.14 bits per heavy atom. The van der Waals surface area contributed by atoms with Crippen LogP contribution in [-0.4, -0.2) is 26.4 Å². The van der Waals surface area contributed by atoms with Gasteiger partial charge in [-0.25, -0.2) is 18.5 Å². The molecule has 0 aliphatic rings. The first-order valence-corrected chi connectivity index (χ1v) is 7.30. The molecule has 0 unspecified atom stereocenters. The fourth-order valence-corrected chi connectivity index (χ4v) is 2.37. The highest BCUT2D eigenvalue weighted by molar-refractivity contribution is 7.89. The average Bonchev–Trinajstić information content (AvgIpc) is 2.83. The highest BCUT2D eigenvalue weighted by Gasteiger charge is 2.18. The Bertz CT molecular complexity index is 782. The summed E-state index contributed by atoms with van der Waals surface area (Å²) in [5, 5.41) is 7.61. The van der Waals surface area contributed by atoms with Crippen molar-refractivity contribution in [1.82, 2.24) is 4.98 Å². The number of aryl methyl sites for hydroxylation is 1. The van der Waals surface area contributed by atoms with E-state index in [0.29, 0.717) is 11.4 Å². The third kappa shape index (κ3) is 3.20. The number of ether oxygens (including phenoxy) is 1. The van der Waals surface area contributed by atoms with Crippen LogP contribution in [0.25, 0.3) is 0 Å². The van der Waals surface area contributed by atoms with E-state index in [1.54, 1.807) is 6.92 Å². The molecule has 0 bridgehead atoms. The van der Waals surface area contributed by atoms with Gasteiger partial charge in [-0.05, 0) is 19.1 Å². The maximum Gasteiger partial charge on any atom is 0.293 e. The van der Waals surface area contributed by atoms with E-state index in [9.17, 15) is 13.2 Å². The van der Waals surface area contributed by atoms with Gasteiger partial charge in [-0.15, -0.1) is 0 Å². The molecule has 2 rings (SSSR count). The number of hydrogen-bond donors (Lipinski definition) is 2. The monoisotopic (exact) mass is 311 g/mol. The molecular weight excluding hydrogens is 298 g/mol. The Morgan fingerprint density at radius 1 is 1.43 bits per heavy atom. The molecule has 9 heteroatoms. The molecule has 0 aliphatic carbocycles. The summed E-state index contributed by atoms with van der Waals surface area (Å²) >= 11 is 0. The summed E-state index contributed by atoms with van der Waals surface area (Å²) in [6.07, 6.45) is 1.16. The van der Waals surface area contributed by atoms with Gasteiger partial charge >= 0.3 is 0 Å². The average molecular weight is 311 g/mol. The lowest BCUT2D eigenvalue weighted by Gasteiger charge is -2.09. The lowest BCUT2D eigenvalue weighted by atomic mass is 10.2. The number of sulfonamides is 1. The minimum atomic E-state index is -3.91. The largest absolute Gasteiger partial charge is 0.495 e. The third-order valence-electron chi connectivity index (χ3n) is 2.68. The van der Waals surface area contributed by atoms with Crippen molar-refractivity contribution in [2.75, 3.05) is 12.4 Å². The number of carbonyl (C=O) groups is 1. The van der Waals surface area contributed by atoms with E-state index in [4.69, 9.17) is 14.3 Å².